The highest BCUT2D eigenvalue weighted by molar-refractivity contribution is 9.10. The molecule has 0 spiro atoms. The van der Waals surface area contributed by atoms with Crippen molar-refractivity contribution in [3.05, 3.63) is 63.1 Å². The lowest BCUT2D eigenvalue weighted by atomic mass is 9.98. The first kappa shape index (κ1) is 16.1. The molecular weight excluding hydrogens is 350 g/mol. The summed E-state index contributed by atoms with van der Waals surface area (Å²) < 4.78 is 0.823. The third-order valence-electron chi connectivity index (χ3n) is 3.52. The molecule has 110 valence electrons. The summed E-state index contributed by atoms with van der Waals surface area (Å²) in [6.07, 6.45) is 1.10. The summed E-state index contributed by atoms with van der Waals surface area (Å²) in [6, 6.07) is 13.2. The van der Waals surface area contributed by atoms with E-state index in [2.05, 4.69) is 35.1 Å². The van der Waals surface area contributed by atoms with Gasteiger partial charge in [-0.25, -0.2) is 0 Å². The van der Waals surface area contributed by atoms with Crippen LogP contribution in [0.25, 0.3) is 0 Å². The molecule has 0 saturated carbocycles. The lowest BCUT2D eigenvalue weighted by Gasteiger charge is -2.11. The van der Waals surface area contributed by atoms with E-state index in [1.54, 1.807) is 18.2 Å². The van der Waals surface area contributed by atoms with Gasteiger partial charge in [-0.2, -0.15) is 0 Å². The molecule has 0 heterocycles. The third kappa shape index (κ3) is 4.08. The van der Waals surface area contributed by atoms with Crippen LogP contribution in [0.5, 0.6) is 0 Å². The average Bonchev–Trinajstić information content (AvgIpc) is 2.49. The summed E-state index contributed by atoms with van der Waals surface area (Å²) in [5.74, 6) is 0.312. The van der Waals surface area contributed by atoms with Crippen LogP contribution in [-0.4, -0.2) is 5.91 Å². The number of rotatable bonds is 4. The molecule has 2 nitrogen and oxygen atoms in total. The van der Waals surface area contributed by atoms with Crippen molar-refractivity contribution in [3.8, 4) is 0 Å². The number of hydrogen-bond donors (Lipinski definition) is 1. The summed E-state index contributed by atoms with van der Waals surface area (Å²) >= 11 is 9.41. The van der Waals surface area contributed by atoms with Gasteiger partial charge in [0.2, 0.25) is 0 Å². The van der Waals surface area contributed by atoms with Crippen molar-refractivity contribution in [1.29, 1.82) is 0 Å². The highest BCUT2D eigenvalue weighted by atomic mass is 79.9. The average molecular weight is 367 g/mol. The Morgan fingerprint density at radius 1 is 1.24 bits per heavy atom. The fraction of sp³-hybridized carbons (Fsp3) is 0.235. The van der Waals surface area contributed by atoms with E-state index in [0.29, 0.717) is 16.5 Å². The molecule has 2 aromatic rings. The Kier molecular flexibility index (Phi) is 5.43. The summed E-state index contributed by atoms with van der Waals surface area (Å²) in [5, 5.41) is 3.30. The van der Waals surface area contributed by atoms with Crippen molar-refractivity contribution >= 4 is 39.1 Å². The SMILES string of the molecule is CC[C@@H](C)c1ccc(NC(=O)c2cc(Br)ccc2Cl)cc1. The van der Waals surface area contributed by atoms with E-state index >= 15 is 0 Å². The Morgan fingerprint density at radius 3 is 2.52 bits per heavy atom. The first-order valence-corrected chi connectivity index (χ1v) is 8.04. The zero-order valence-corrected chi connectivity index (χ0v) is 14.3. The molecular formula is C17H17BrClNO. The molecule has 0 aliphatic rings. The Labute approximate surface area is 138 Å². The molecule has 4 heteroatoms. The Hall–Kier alpha value is -1.32. The lowest BCUT2D eigenvalue weighted by Crippen LogP contribution is -2.12. The number of carbonyl (C=O) groups is 1. The topological polar surface area (TPSA) is 29.1 Å². The smallest absolute Gasteiger partial charge is 0.257 e. The van der Waals surface area contributed by atoms with Gasteiger partial charge >= 0.3 is 0 Å². The van der Waals surface area contributed by atoms with Crippen molar-refractivity contribution in [2.24, 2.45) is 0 Å². The maximum Gasteiger partial charge on any atom is 0.257 e. The van der Waals surface area contributed by atoms with E-state index in [9.17, 15) is 4.79 Å². The first-order chi connectivity index (χ1) is 10.0. The van der Waals surface area contributed by atoms with E-state index in [1.165, 1.54) is 5.56 Å². The molecule has 0 aromatic heterocycles. The van der Waals surface area contributed by atoms with E-state index in [1.807, 2.05) is 24.3 Å². The largest absolute Gasteiger partial charge is 0.322 e. The van der Waals surface area contributed by atoms with Crippen LogP contribution >= 0.6 is 27.5 Å². The second-order valence-corrected chi connectivity index (χ2v) is 6.33. The third-order valence-corrected chi connectivity index (χ3v) is 4.35. The van der Waals surface area contributed by atoms with Gasteiger partial charge in [0.05, 0.1) is 10.6 Å². The predicted molar refractivity (Wildman–Crippen MR) is 92.3 cm³/mol. The van der Waals surface area contributed by atoms with Crippen LogP contribution in [0.15, 0.2) is 46.9 Å². The van der Waals surface area contributed by atoms with Gasteiger partial charge in [-0.15, -0.1) is 0 Å². The van der Waals surface area contributed by atoms with Crippen LogP contribution in [0.4, 0.5) is 5.69 Å². The fourth-order valence-corrected chi connectivity index (χ4v) is 2.57. The Bertz CT molecular complexity index is 640. The summed E-state index contributed by atoms with van der Waals surface area (Å²) in [6.45, 7) is 4.35. The molecule has 21 heavy (non-hydrogen) atoms. The number of hydrogen-bond acceptors (Lipinski definition) is 1. The maximum atomic E-state index is 12.2. The maximum absolute atomic E-state index is 12.2. The molecule has 0 fully saturated rings. The van der Waals surface area contributed by atoms with Crippen LogP contribution in [0.3, 0.4) is 0 Å². The predicted octanol–water partition coefficient (Wildman–Crippen LogP) is 5.87. The Balaban J connectivity index is 2.14. The van der Waals surface area contributed by atoms with Crippen LogP contribution in [0.2, 0.25) is 5.02 Å². The number of halogens is 2. The molecule has 2 rings (SSSR count). The van der Waals surface area contributed by atoms with Gasteiger partial charge in [-0.1, -0.05) is 53.5 Å². The lowest BCUT2D eigenvalue weighted by molar-refractivity contribution is 0.102. The number of anilines is 1. The van der Waals surface area contributed by atoms with Gasteiger partial charge < -0.3 is 5.32 Å². The molecule has 0 unspecified atom stereocenters. The highest BCUT2D eigenvalue weighted by Gasteiger charge is 2.11. The molecule has 0 bridgehead atoms. The van der Waals surface area contributed by atoms with E-state index in [4.69, 9.17) is 11.6 Å². The van der Waals surface area contributed by atoms with E-state index in [-0.39, 0.29) is 5.91 Å². The summed E-state index contributed by atoms with van der Waals surface area (Å²) in [7, 11) is 0. The van der Waals surface area contributed by atoms with E-state index in [0.717, 1.165) is 16.6 Å². The summed E-state index contributed by atoms with van der Waals surface area (Å²) in [5.41, 5.74) is 2.50. The normalized spacial score (nSPS) is 12.0. The van der Waals surface area contributed by atoms with Gasteiger partial charge in [0.15, 0.2) is 0 Å². The van der Waals surface area contributed by atoms with Crippen molar-refractivity contribution in [1.82, 2.24) is 0 Å². The van der Waals surface area contributed by atoms with Gasteiger partial charge in [0.1, 0.15) is 0 Å². The molecule has 0 saturated heterocycles. The summed E-state index contributed by atoms with van der Waals surface area (Å²) in [4.78, 5) is 12.2. The molecule has 0 radical (unpaired) electrons. The number of amides is 1. The monoisotopic (exact) mass is 365 g/mol. The highest BCUT2D eigenvalue weighted by Crippen LogP contribution is 2.23. The molecule has 0 aliphatic heterocycles. The van der Waals surface area contributed by atoms with Crippen molar-refractivity contribution < 1.29 is 4.79 Å². The molecule has 1 N–H and O–H groups in total. The second kappa shape index (κ2) is 7.10. The molecule has 2 aromatic carbocycles. The zero-order valence-electron chi connectivity index (χ0n) is 12.0. The number of benzene rings is 2. The van der Waals surface area contributed by atoms with Crippen LogP contribution in [-0.2, 0) is 0 Å². The number of nitrogens with one attached hydrogen (secondary N) is 1. The second-order valence-electron chi connectivity index (χ2n) is 5.01. The fourth-order valence-electron chi connectivity index (χ4n) is 2.00. The molecule has 1 atom stereocenters. The van der Waals surface area contributed by atoms with Crippen LogP contribution in [0, 0.1) is 0 Å². The van der Waals surface area contributed by atoms with Gasteiger partial charge in [0.25, 0.3) is 5.91 Å². The molecule has 0 aliphatic carbocycles. The standard InChI is InChI=1S/C17H17BrClNO/c1-3-11(2)12-4-7-14(8-5-12)20-17(21)15-10-13(18)6-9-16(15)19/h4-11H,3H2,1-2H3,(H,20,21)/t11-/m1/s1. The van der Waals surface area contributed by atoms with Crippen LogP contribution < -0.4 is 5.32 Å². The quantitative estimate of drug-likeness (QED) is 0.720. The van der Waals surface area contributed by atoms with Gasteiger partial charge in [0, 0.05) is 10.2 Å². The minimum Gasteiger partial charge on any atom is -0.322 e. The minimum atomic E-state index is -0.211. The van der Waals surface area contributed by atoms with Gasteiger partial charge in [-0.3, -0.25) is 4.79 Å². The van der Waals surface area contributed by atoms with Crippen molar-refractivity contribution in [2.45, 2.75) is 26.2 Å². The van der Waals surface area contributed by atoms with E-state index < -0.39 is 0 Å². The van der Waals surface area contributed by atoms with Crippen LogP contribution in [0.1, 0.15) is 42.1 Å². The zero-order chi connectivity index (χ0) is 15.4. The van der Waals surface area contributed by atoms with Crippen molar-refractivity contribution in [3.63, 3.8) is 0 Å². The number of carbonyl (C=O) groups excluding carboxylic acids is 1. The first-order valence-electron chi connectivity index (χ1n) is 6.87. The minimum absolute atomic E-state index is 0.211. The molecule has 1 amide bonds. The Morgan fingerprint density at radius 2 is 1.90 bits per heavy atom. The van der Waals surface area contributed by atoms with Gasteiger partial charge in [-0.05, 0) is 48.2 Å². The van der Waals surface area contributed by atoms with Crippen molar-refractivity contribution in [2.75, 3.05) is 5.32 Å².